The van der Waals surface area contributed by atoms with E-state index < -0.39 is 17.9 Å². The molecule has 1 unspecified atom stereocenters. The highest BCUT2D eigenvalue weighted by Gasteiger charge is 2.28. The summed E-state index contributed by atoms with van der Waals surface area (Å²) in [5.74, 6) is -1.16. The number of esters is 1. The first kappa shape index (κ1) is 24.0. The fourth-order valence-corrected chi connectivity index (χ4v) is 3.93. The Hall–Kier alpha value is -2.68. The molecule has 32 heavy (non-hydrogen) atoms. The van der Waals surface area contributed by atoms with E-state index in [-0.39, 0.29) is 40.6 Å². The zero-order chi connectivity index (χ0) is 23.1. The first-order valence-corrected chi connectivity index (χ1v) is 11.0. The van der Waals surface area contributed by atoms with E-state index >= 15 is 0 Å². The molecule has 1 aromatic heterocycles. The zero-order valence-electron chi connectivity index (χ0n) is 17.5. The largest absolute Gasteiger partial charge is 0.464 e. The first-order chi connectivity index (χ1) is 15.4. The van der Waals surface area contributed by atoms with Gasteiger partial charge in [-0.2, -0.15) is 0 Å². The molecule has 10 heteroatoms. The molecule has 0 bridgehead atoms. The fourth-order valence-electron chi connectivity index (χ4n) is 3.40. The Labute approximate surface area is 196 Å². The Morgan fingerprint density at radius 3 is 2.47 bits per heavy atom. The average Bonchev–Trinajstić information content (AvgIpc) is 3.30. The topological polar surface area (TPSA) is 109 Å². The number of halogens is 2. The molecule has 2 heterocycles. The quantitative estimate of drug-likeness (QED) is 0.503. The third-order valence-electron chi connectivity index (χ3n) is 5.00. The molecule has 0 spiro atoms. The van der Waals surface area contributed by atoms with Crippen molar-refractivity contribution in [3.8, 4) is 0 Å². The molecule has 2 amide bonds. The number of carbonyl (C=O) groups is 3. The van der Waals surface area contributed by atoms with E-state index in [0.29, 0.717) is 5.69 Å². The standard InChI is InChI=1S/C22H24Cl2N4O4/c1-2-32-22(31)18(28-20(29)17-4-3-9-26-17)10-13-5-7-14(8-6-13)27-21(30)19-15(23)11-25-12-16(19)24/h5-8,11-12,17-18,26H,2-4,9-10H2,1H3,(H,27,30)(H,28,29)/t17-,18?/m0/s1. The number of hydrogen-bond acceptors (Lipinski definition) is 6. The molecule has 170 valence electrons. The molecule has 8 nitrogen and oxygen atoms in total. The number of nitrogens with one attached hydrogen (secondary N) is 3. The van der Waals surface area contributed by atoms with Gasteiger partial charge in [0.15, 0.2) is 0 Å². The first-order valence-electron chi connectivity index (χ1n) is 10.3. The second-order valence-corrected chi connectivity index (χ2v) is 8.11. The van der Waals surface area contributed by atoms with Crippen molar-refractivity contribution >= 4 is 46.7 Å². The molecule has 2 atom stereocenters. The van der Waals surface area contributed by atoms with Gasteiger partial charge >= 0.3 is 5.97 Å². The van der Waals surface area contributed by atoms with Gasteiger partial charge in [-0.25, -0.2) is 4.79 Å². The van der Waals surface area contributed by atoms with Gasteiger partial charge in [0.2, 0.25) is 5.91 Å². The van der Waals surface area contributed by atoms with Crippen molar-refractivity contribution < 1.29 is 19.1 Å². The minimum Gasteiger partial charge on any atom is -0.464 e. The number of rotatable bonds is 8. The van der Waals surface area contributed by atoms with Crippen molar-refractivity contribution in [3.63, 3.8) is 0 Å². The zero-order valence-corrected chi connectivity index (χ0v) is 19.0. The number of ether oxygens (including phenoxy) is 1. The highest BCUT2D eigenvalue weighted by Crippen LogP contribution is 2.24. The van der Waals surface area contributed by atoms with E-state index in [9.17, 15) is 14.4 Å². The van der Waals surface area contributed by atoms with Crippen LogP contribution in [0, 0.1) is 0 Å². The van der Waals surface area contributed by atoms with Crippen LogP contribution in [-0.4, -0.2) is 48.0 Å². The minimum atomic E-state index is -0.806. The lowest BCUT2D eigenvalue weighted by Crippen LogP contribution is -2.49. The summed E-state index contributed by atoms with van der Waals surface area (Å²) in [7, 11) is 0. The summed E-state index contributed by atoms with van der Waals surface area (Å²) < 4.78 is 5.13. The molecule has 1 aromatic carbocycles. The van der Waals surface area contributed by atoms with Crippen LogP contribution in [0.5, 0.6) is 0 Å². The van der Waals surface area contributed by atoms with E-state index in [0.717, 1.165) is 24.9 Å². The number of aromatic nitrogens is 1. The van der Waals surface area contributed by atoms with Gasteiger partial charge in [0.1, 0.15) is 6.04 Å². The fraction of sp³-hybridized carbons (Fsp3) is 0.364. The lowest BCUT2D eigenvalue weighted by atomic mass is 10.0. The Kier molecular flexibility index (Phi) is 8.44. The molecular formula is C22H24Cl2N4O4. The minimum absolute atomic E-state index is 0.137. The van der Waals surface area contributed by atoms with E-state index in [1.54, 1.807) is 31.2 Å². The lowest BCUT2D eigenvalue weighted by molar-refractivity contribution is -0.147. The number of pyridine rings is 1. The second-order valence-electron chi connectivity index (χ2n) is 7.30. The maximum absolute atomic E-state index is 12.5. The monoisotopic (exact) mass is 478 g/mol. The third-order valence-corrected chi connectivity index (χ3v) is 5.57. The van der Waals surface area contributed by atoms with Gasteiger partial charge < -0.3 is 20.7 Å². The summed E-state index contributed by atoms with van der Waals surface area (Å²) in [4.78, 5) is 41.2. The molecule has 0 aliphatic carbocycles. The number of amides is 2. The molecule has 1 fully saturated rings. The van der Waals surface area contributed by atoms with Crippen LogP contribution in [0.1, 0.15) is 35.7 Å². The summed E-state index contributed by atoms with van der Waals surface area (Å²) in [5.41, 5.74) is 1.45. The molecule has 2 aromatic rings. The van der Waals surface area contributed by atoms with Crippen molar-refractivity contribution in [1.82, 2.24) is 15.6 Å². The molecule has 0 radical (unpaired) electrons. The maximum Gasteiger partial charge on any atom is 0.328 e. The SMILES string of the molecule is CCOC(=O)C(Cc1ccc(NC(=O)c2c(Cl)cncc2Cl)cc1)NC(=O)[C@@H]1CCCN1. The Morgan fingerprint density at radius 2 is 1.88 bits per heavy atom. The number of anilines is 1. The molecule has 1 saturated heterocycles. The molecule has 3 rings (SSSR count). The smallest absolute Gasteiger partial charge is 0.328 e. The summed E-state index contributed by atoms with van der Waals surface area (Å²) >= 11 is 12.1. The molecule has 1 aliphatic heterocycles. The van der Waals surface area contributed by atoms with Crippen LogP contribution in [0.25, 0.3) is 0 Å². The summed E-state index contributed by atoms with van der Waals surface area (Å²) in [6.07, 6.45) is 4.60. The van der Waals surface area contributed by atoms with E-state index in [4.69, 9.17) is 27.9 Å². The van der Waals surface area contributed by atoms with Crippen LogP contribution in [0.2, 0.25) is 10.0 Å². The van der Waals surface area contributed by atoms with Crippen molar-refractivity contribution in [1.29, 1.82) is 0 Å². The highest BCUT2D eigenvalue weighted by molar-refractivity contribution is 6.40. The van der Waals surface area contributed by atoms with Crippen LogP contribution in [-0.2, 0) is 20.7 Å². The highest BCUT2D eigenvalue weighted by atomic mass is 35.5. The number of hydrogen-bond donors (Lipinski definition) is 3. The molecule has 3 N–H and O–H groups in total. The van der Waals surface area contributed by atoms with Gasteiger partial charge in [-0.1, -0.05) is 35.3 Å². The molecular weight excluding hydrogens is 455 g/mol. The van der Waals surface area contributed by atoms with E-state index in [1.807, 2.05) is 0 Å². The van der Waals surface area contributed by atoms with E-state index in [2.05, 4.69) is 20.9 Å². The maximum atomic E-state index is 12.5. The third kappa shape index (κ3) is 6.18. The molecule has 1 aliphatic rings. The average molecular weight is 479 g/mol. The van der Waals surface area contributed by atoms with Crippen molar-refractivity contribution in [2.24, 2.45) is 0 Å². The predicted molar refractivity (Wildman–Crippen MR) is 122 cm³/mol. The number of nitrogens with zero attached hydrogens (tertiary/aromatic N) is 1. The summed E-state index contributed by atoms with van der Waals surface area (Å²) in [6.45, 7) is 2.72. The van der Waals surface area contributed by atoms with Crippen molar-refractivity contribution in [3.05, 3.63) is 57.8 Å². The summed E-state index contributed by atoms with van der Waals surface area (Å²) in [5, 5.41) is 8.93. The molecule has 0 saturated carbocycles. The lowest BCUT2D eigenvalue weighted by Gasteiger charge is -2.20. The van der Waals surface area contributed by atoms with Gasteiger partial charge in [-0.15, -0.1) is 0 Å². The van der Waals surface area contributed by atoms with Crippen LogP contribution < -0.4 is 16.0 Å². The second kappa shape index (κ2) is 11.3. The van der Waals surface area contributed by atoms with Crippen molar-refractivity contribution in [2.75, 3.05) is 18.5 Å². The normalized spacial score (nSPS) is 16.3. The van der Waals surface area contributed by atoms with Gasteiger partial charge in [0.25, 0.3) is 5.91 Å². The Morgan fingerprint density at radius 1 is 1.19 bits per heavy atom. The van der Waals surface area contributed by atoms with Crippen LogP contribution in [0.4, 0.5) is 5.69 Å². The van der Waals surface area contributed by atoms with Crippen LogP contribution in [0.3, 0.4) is 0 Å². The Bertz CT molecular complexity index is 958. The summed E-state index contributed by atoms with van der Waals surface area (Å²) in [6, 6.07) is 5.81. The van der Waals surface area contributed by atoms with Gasteiger partial charge in [0, 0.05) is 24.5 Å². The van der Waals surface area contributed by atoms with Gasteiger partial charge in [0.05, 0.1) is 28.3 Å². The van der Waals surface area contributed by atoms with Crippen LogP contribution >= 0.6 is 23.2 Å². The van der Waals surface area contributed by atoms with E-state index in [1.165, 1.54) is 12.4 Å². The predicted octanol–water partition coefficient (Wildman–Crippen LogP) is 2.98. The number of carbonyl (C=O) groups excluding carboxylic acids is 3. The van der Waals surface area contributed by atoms with Crippen molar-refractivity contribution in [2.45, 2.75) is 38.3 Å². The van der Waals surface area contributed by atoms with Crippen LogP contribution in [0.15, 0.2) is 36.7 Å². The van der Waals surface area contributed by atoms with Gasteiger partial charge in [-0.3, -0.25) is 14.6 Å². The number of benzene rings is 1. The van der Waals surface area contributed by atoms with Gasteiger partial charge in [-0.05, 0) is 44.0 Å². The Balaban J connectivity index is 1.66.